The number of halogens is 18. The van der Waals surface area contributed by atoms with Crippen molar-refractivity contribution >= 4 is 79.2 Å². The molecule has 0 spiro atoms. The Kier molecular flexibility index (Phi) is 46.7. The molecule has 5 heterocycles. The Balaban J connectivity index is 0.000000548. The summed E-state index contributed by atoms with van der Waals surface area (Å²) in [4.78, 5) is 64.8. The molecule has 0 radical (unpaired) electrons. The first-order valence-corrected chi connectivity index (χ1v) is 40.1. The van der Waals surface area contributed by atoms with Gasteiger partial charge in [0, 0.05) is 64.1 Å². The first-order chi connectivity index (χ1) is 64.3. The zero-order valence-corrected chi connectivity index (χ0v) is 75.8. The fourth-order valence-electron chi connectivity index (χ4n) is 11.1. The van der Waals surface area contributed by atoms with Crippen LogP contribution in [0.3, 0.4) is 0 Å². The summed E-state index contributed by atoms with van der Waals surface area (Å²) >= 11 is 0. The van der Waals surface area contributed by atoms with Gasteiger partial charge in [0.1, 0.15) is 17.1 Å². The Morgan fingerprint density at radius 2 is 0.819 bits per heavy atom. The number of aliphatic hydroxyl groups is 1. The van der Waals surface area contributed by atoms with Crippen LogP contribution in [0.25, 0.3) is 22.7 Å². The maximum atomic E-state index is 12.7. The van der Waals surface area contributed by atoms with E-state index in [1.165, 1.54) is 165 Å². The van der Waals surface area contributed by atoms with Crippen molar-refractivity contribution in [2.24, 2.45) is 16.7 Å². The van der Waals surface area contributed by atoms with Crippen LogP contribution in [0, 0.1) is 11.8 Å². The molecule has 0 saturated carbocycles. The SMILES string of the molecule is CC(=O)C1=NN(c2ccc(C(F)(F)F)cc2)C(=O)C1.COC(=O)C#CC(C)=O.COc1cc(C(C)=O)nn1-c1ccc(C(F)(F)F)cc1.COc1cc(C=O)nn1-c1ccc(C(F)(F)F)cc1.COc1cc(CC[C@H](C)c2ccccc2)nn1-c1ccc(C(F)(F)F)cc1.COc1cc(CO)nn1-c1ccc(C(F)(F)F)cc1.C[C@@H](N)c1ccccc1.NNc1ccc(C(F)(F)F)cc1.[2H]CP.[AlH3].[H-].[Li+]. The summed E-state index contributed by atoms with van der Waals surface area (Å²) in [6, 6.07) is 53.3. The number of rotatable bonds is 19. The number of nitrogens with one attached hydrogen (secondary N) is 1. The monoisotopic (exact) mass is 1980 g/mol. The van der Waals surface area contributed by atoms with E-state index in [4.69, 9.17) is 37.0 Å². The quantitative estimate of drug-likeness (QED) is 0.00499. The average Bonchev–Trinajstić information content (AvgIpc) is 1.68. The number of carbonyl (C=O) groups is 6. The number of hydrogen-bond acceptors (Lipinski definition) is 20. The summed E-state index contributed by atoms with van der Waals surface area (Å²) in [6.45, 7) is 8.19. The van der Waals surface area contributed by atoms with Crippen LogP contribution in [-0.2, 0) is 74.0 Å². The Hall–Kier alpha value is -13.4. The number of nitrogens with zero attached hydrogens (tertiary/aromatic N) is 10. The number of aliphatic hydroxyl groups excluding tert-OH is 1. The topological polar surface area (TPSA) is 320 Å². The molecule has 138 heavy (non-hydrogen) atoms. The zero-order chi connectivity index (χ0) is 103. The first kappa shape index (κ1) is 117. The number of nitrogen functional groups attached to an aromatic ring is 1. The van der Waals surface area contributed by atoms with Crippen LogP contribution in [0.15, 0.2) is 236 Å². The van der Waals surface area contributed by atoms with E-state index in [-0.39, 0.29) is 109 Å². The average molecular weight is 1980 g/mol. The maximum absolute atomic E-state index is 12.7. The molecule has 1 amide bonds. The number of aromatic nitrogens is 8. The molecular formula is C92H94AlF18LiN13O12P. The van der Waals surface area contributed by atoms with E-state index in [9.17, 15) is 108 Å². The molecule has 13 rings (SSSR count). The molecule has 12 aromatic rings. The van der Waals surface area contributed by atoms with Gasteiger partial charge in [-0.05, 0) is 188 Å². The van der Waals surface area contributed by atoms with Crippen LogP contribution < -0.4 is 59.8 Å². The summed E-state index contributed by atoms with van der Waals surface area (Å²) in [7, 11) is 9.16. The number of aldehydes is 1. The molecule has 0 aliphatic carbocycles. The summed E-state index contributed by atoms with van der Waals surface area (Å²) in [5, 5.41) is 30.2. The van der Waals surface area contributed by atoms with Crippen molar-refractivity contribution in [3.05, 3.63) is 298 Å². The van der Waals surface area contributed by atoms with Gasteiger partial charge in [0.2, 0.25) is 29.3 Å². The predicted molar refractivity (Wildman–Crippen MR) is 482 cm³/mol. The molecular weight excluding hydrogens is 1890 g/mol. The smallest absolute Gasteiger partial charge is 1.00 e. The second-order valence-corrected chi connectivity index (χ2v) is 27.8. The summed E-state index contributed by atoms with van der Waals surface area (Å²) < 4.78 is 260. The fraction of sp³-hybridized carbons (Fsp3) is 0.250. The number of Topliss-reactive ketones (excluding diaryl/α,β-unsaturated/α-hetero) is 3. The molecule has 1 aliphatic rings. The molecule has 0 saturated heterocycles. The number of hydrogen-bond donors (Lipinski definition) is 4. The molecule has 8 aromatic carbocycles. The first-order valence-electron chi connectivity index (χ1n) is 40.0. The van der Waals surface area contributed by atoms with Crippen molar-refractivity contribution in [2.45, 2.75) is 110 Å². The predicted octanol–water partition coefficient (Wildman–Crippen LogP) is 16.1. The van der Waals surface area contributed by atoms with Gasteiger partial charge in [0.15, 0.2) is 35.2 Å². The Labute approximate surface area is 807 Å². The Morgan fingerprint density at radius 3 is 1.12 bits per heavy atom. The number of ether oxygens (including phenoxy) is 5. The number of aryl methyl sites for hydroxylation is 1. The molecule has 1 unspecified atom stereocenters. The van der Waals surface area contributed by atoms with E-state index in [0.29, 0.717) is 64.7 Å². The van der Waals surface area contributed by atoms with Crippen LogP contribution in [0.1, 0.15) is 139 Å². The molecule has 0 bridgehead atoms. The number of carbonyl (C=O) groups excluding carboxylic acids is 6. The van der Waals surface area contributed by atoms with Gasteiger partial charge in [-0.3, -0.25) is 29.8 Å². The summed E-state index contributed by atoms with van der Waals surface area (Å²) in [5.74, 6) is 8.67. The van der Waals surface area contributed by atoms with Gasteiger partial charge in [0.25, 0.3) is 5.91 Å². The van der Waals surface area contributed by atoms with Crippen LogP contribution >= 0.6 is 9.24 Å². The largest absolute Gasteiger partial charge is 1.00 e. The van der Waals surface area contributed by atoms with E-state index < -0.39 is 82.3 Å². The molecule has 3 atom stereocenters. The number of hydrazone groups is 1. The van der Waals surface area contributed by atoms with Crippen LogP contribution in [0.5, 0.6) is 23.5 Å². The van der Waals surface area contributed by atoms with E-state index in [1.54, 1.807) is 0 Å². The minimum Gasteiger partial charge on any atom is -1.00 e. The number of ketones is 3. The molecule has 1 aliphatic heterocycles. The van der Waals surface area contributed by atoms with E-state index in [2.05, 4.69) is 64.0 Å². The van der Waals surface area contributed by atoms with E-state index >= 15 is 0 Å². The third-order valence-corrected chi connectivity index (χ3v) is 18.1. The van der Waals surface area contributed by atoms with E-state index in [1.807, 2.05) is 73.4 Å². The van der Waals surface area contributed by atoms with Crippen LogP contribution in [0.2, 0.25) is 0 Å². The van der Waals surface area contributed by atoms with Crippen LogP contribution in [-0.4, -0.2) is 145 Å². The molecule has 25 nitrogen and oxygen atoms in total. The Bertz CT molecular complexity index is 5970. The number of alkyl halides is 18. The van der Waals surface area contributed by atoms with Gasteiger partial charge in [-0.25, -0.2) is 28.5 Å². The maximum Gasteiger partial charge on any atom is 1.00 e. The number of methoxy groups -OCH3 is 5. The molecule has 4 aromatic heterocycles. The number of amides is 1. The normalized spacial score (nSPS) is 11.9. The van der Waals surface area contributed by atoms with Gasteiger partial charge in [-0.15, -0.1) is 9.24 Å². The molecule has 0 fully saturated rings. The van der Waals surface area contributed by atoms with Gasteiger partial charge in [-0.2, -0.15) is 105 Å². The van der Waals surface area contributed by atoms with Gasteiger partial charge in [-0.1, -0.05) is 74.2 Å². The van der Waals surface area contributed by atoms with Crippen molar-refractivity contribution in [3.63, 3.8) is 0 Å². The van der Waals surface area contributed by atoms with E-state index in [0.717, 1.165) is 108 Å². The van der Waals surface area contributed by atoms with Crippen molar-refractivity contribution in [3.8, 4) is 58.1 Å². The van der Waals surface area contributed by atoms with Crippen molar-refractivity contribution in [1.29, 1.82) is 0 Å². The minimum absolute atomic E-state index is 0. The number of nitrogens with two attached hydrogens (primary N) is 2. The summed E-state index contributed by atoms with van der Waals surface area (Å²) in [5.41, 5.74) is 9.89. The Morgan fingerprint density at radius 1 is 0.493 bits per heavy atom. The standard InChI is InChI=1S/C21H21F3N2O.C13H11F3N2O2.C12H11F3N2O2.2C12H9F3N2O2.C8H11N.C7H7F3N2.C6H6O3.CH5P.Al.Li.4H/c1-15(16-6-4-3-5-7-16)8-11-18-14-20(27-2)26(25-18)19-12-9-17(10-13-19)21(22,23)24;1-8(19)11-7-12(20-2)18(17-11)10-5-3-9(4-6-10)13(14,15)16;2*1-19-11-6-9(7-18)16-17(11)10-4-2-8(3-5-10)12(13,14)15;1-7(18)10-6-11(19)17(16-10)9-4-2-8(3-5-9)12(13,14)15;1-7(9)8-5-3-2-4-6-8;8-7(9,10)5-1-3-6(12-11)4-2-5;1-5(7)3-4-6(8)9-2;1-2;;;;;;/h3-7,9-10,12-15H,8,11H2,1-2H3;3-7H,1-2H3;2-6,18H,7H2,1H3;2-7H,1H3;2-5H,6H2,1H3;2-7H,9H2,1H3;1-4,12H,11H2;1-2H3;2H2,1H3;;;;;;/q;;;;;;;;;;+1;;;;-1/t15-;;;;;7-;;;;;;;;;/m0....1........./s1/i;;;;;;;;1D;;;;;;. The number of benzene rings is 8. The second-order valence-electron chi connectivity index (χ2n) is 27.8. The molecule has 734 valence electrons. The van der Waals surface area contributed by atoms with Crippen molar-refractivity contribution < 1.29 is 158 Å². The third-order valence-electron chi connectivity index (χ3n) is 18.1. The van der Waals surface area contributed by atoms with Crippen molar-refractivity contribution in [1.82, 2.24) is 39.1 Å². The van der Waals surface area contributed by atoms with Crippen LogP contribution in [0.4, 0.5) is 90.4 Å². The fourth-order valence-corrected chi connectivity index (χ4v) is 11.1. The van der Waals surface area contributed by atoms with Gasteiger partial charge in [0.05, 0.1) is 122 Å². The second kappa shape index (κ2) is 55.1. The number of anilines is 2. The van der Waals surface area contributed by atoms with Gasteiger partial charge >= 0.3 is 61.9 Å². The molecule has 46 heteroatoms. The third kappa shape index (κ3) is 37.3. The summed E-state index contributed by atoms with van der Waals surface area (Å²) in [6.07, 6.45) is -24.2. The van der Waals surface area contributed by atoms with Gasteiger partial charge < -0.3 is 41.4 Å². The minimum atomic E-state index is -4.43. The van der Waals surface area contributed by atoms with Crippen molar-refractivity contribution in [2.75, 3.05) is 52.6 Å². The molecule has 6 N–H and O–H groups in total. The number of esters is 1. The zero-order valence-electron chi connectivity index (χ0n) is 76.7. The number of hydrazine groups is 1.